The molecule has 7 heteroatoms. The zero-order valence-electron chi connectivity index (χ0n) is 17.0. The molecule has 1 saturated heterocycles. The van der Waals surface area contributed by atoms with Crippen molar-refractivity contribution >= 4 is 29.9 Å². The van der Waals surface area contributed by atoms with E-state index >= 15 is 0 Å². The Labute approximate surface area is 185 Å². The second kappa shape index (κ2) is 12.1. The van der Waals surface area contributed by atoms with Gasteiger partial charge in [0.15, 0.2) is 5.96 Å². The van der Waals surface area contributed by atoms with Gasteiger partial charge >= 0.3 is 0 Å². The first-order chi connectivity index (χ1) is 13.3. The van der Waals surface area contributed by atoms with E-state index in [1.54, 1.807) is 0 Å². The van der Waals surface area contributed by atoms with Crippen molar-refractivity contribution in [3.05, 3.63) is 53.9 Å². The van der Waals surface area contributed by atoms with Crippen LogP contribution >= 0.6 is 24.0 Å². The zero-order valence-corrected chi connectivity index (χ0v) is 19.3. The molecule has 1 aliphatic heterocycles. The molecule has 2 heterocycles. The summed E-state index contributed by atoms with van der Waals surface area (Å²) < 4.78 is 1.95. The van der Waals surface area contributed by atoms with Gasteiger partial charge in [-0.25, -0.2) is 0 Å². The molecule has 1 unspecified atom stereocenters. The van der Waals surface area contributed by atoms with E-state index in [1.165, 1.54) is 37.1 Å². The fraction of sp³-hybridized carbons (Fsp3) is 0.524. The lowest BCUT2D eigenvalue weighted by Crippen LogP contribution is -2.44. The third-order valence-corrected chi connectivity index (χ3v) is 5.29. The predicted molar refractivity (Wildman–Crippen MR) is 126 cm³/mol. The number of likely N-dealkylation sites (tertiary alicyclic amines) is 1. The predicted octanol–water partition coefficient (Wildman–Crippen LogP) is 2.95. The van der Waals surface area contributed by atoms with Gasteiger partial charge in [-0.15, -0.1) is 24.0 Å². The molecule has 0 spiro atoms. The summed E-state index contributed by atoms with van der Waals surface area (Å²) in [7, 11) is 1.84. The lowest BCUT2D eigenvalue weighted by molar-refractivity contribution is 0.183. The maximum absolute atomic E-state index is 4.40. The Kier molecular flexibility index (Phi) is 9.77. The van der Waals surface area contributed by atoms with E-state index in [-0.39, 0.29) is 24.0 Å². The number of nitrogens with zero attached hydrogens (tertiary/aromatic N) is 4. The second-order valence-electron chi connectivity index (χ2n) is 7.18. The van der Waals surface area contributed by atoms with Crippen molar-refractivity contribution in [1.29, 1.82) is 0 Å². The highest BCUT2D eigenvalue weighted by atomic mass is 127. The third-order valence-electron chi connectivity index (χ3n) is 5.29. The van der Waals surface area contributed by atoms with Crippen molar-refractivity contribution in [2.45, 2.75) is 32.9 Å². The topological polar surface area (TPSA) is 57.5 Å². The molecule has 28 heavy (non-hydrogen) atoms. The number of hydrogen-bond donors (Lipinski definition) is 2. The van der Waals surface area contributed by atoms with Crippen LogP contribution in [0.15, 0.2) is 47.7 Å². The van der Waals surface area contributed by atoms with Crippen molar-refractivity contribution < 1.29 is 0 Å². The van der Waals surface area contributed by atoms with E-state index < -0.39 is 0 Å². The standard InChI is InChI=1S/C21H32N6.HI/c1-3-26-12-6-8-18(16-26)14-23-21(22-2)24-15-19-9-4-5-10-20(19)17-27-13-7-11-25-27;/h4-5,7,9-11,13,18H,3,6,8,12,14-17H2,1-2H3,(H2,22,23,24);1H. The zero-order chi connectivity index (χ0) is 18.9. The van der Waals surface area contributed by atoms with Crippen molar-refractivity contribution in [2.75, 3.05) is 33.2 Å². The smallest absolute Gasteiger partial charge is 0.191 e. The number of aliphatic imine (C=N–C) groups is 1. The van der Waals surface area contributed by atoms with Gasteiger partial charge in [-0.1, -0.05) is 31.2 Å². The third kappa shape index (κ3) is 6.77. The normalized spacial score (nSPS) is 17.8. The van der Waals surface area contributed by atoms with Gasteiger partial charge in [0.25, 0.3) is 0 Å². The average molecular weight is 496 g/mol. The van der Waals surface area contributed by atoms with Crippen molar-refractivity contribution in [3.8, 4) is 0 Å². The lowest BCUT2D eigenvalue weighted by atomic mass is 9.98. The van der Waals surface area contributed by atoms with Gasteiger partial charge in [-0.3, -0.25) is 9.67 Å². The van der Waals surface area contributed by atoms with E-state index in [4.69, 9.17) is 0 Å². The van der Waals surface area contributed by atoms with Gasteiger partial charge in [0, 0.05) is 39.1 Å². The van der Waals surface area contributed by atoms with Crippen LogP contribution in [0.5, 0.6) is 0 Å². The summed E-state index contributed by atoms with van der Waals surface area (Å²) in [4.78, 5) is 6.93. The number of halogens is 1. The molecular formula is C21H33IN6. The molecule has 1 fully saturated rings. The van der Waals surface area contributed by atoms with E-state index in [0.717, 1.165) is 32.1 Å². The number of guanidine groups is 1. The first-order valence-electron chi connectivity index (χ1n) is 9.99. The Balaban J connectivity index is 0.00000280. The largest absolute Gasteiger partial charge is 0.356 e. The van der Waals surface area contributed by atoms with Crippen LogP contribution in [-0.4, -0.2) is 53.9 Å². The molecule has 2 N–H and O–H groups in total. The van der Waals surface area contributed by atoms with Crippen LogP contribution in [-0.2, 0) is 13.1 Å². The highest BCUT2D eigenvalue weighted by Gasteiger charge is 2.18. The van der Waals surface area contributed by atoms with Gasteiger partial charge in [-0.05, 0) is 49.0 Å². The molecule has 154 valence electrons. The van der Waals surface area contributed by atoms with E-state index in [9.17, 15) is 0 Å². The summed E-state index contributed by atoms with van der Waals surface area (Å²) in [5, 5.41) is 11.3. The van der Waals surface area contributed by atoms with Gasteiger partial charge in [-0.2, -0.15) is 5.10 Å². The van der Waals surface area contributed by atoms with Crippen LogP contribution < -0.4 is 10.6 Å². The van der Waals surface area contributed by atoms with E-state index in [1.807, 2.05) is 30.2 Å². The van der Waals surface area contributed by atoms with Crippen molar-refractivity contribution in [1.82, 2.24) is 25.3 Å². The highest BCUT2D eigenvalue weighted by molar-refractivity contribution is 14.0. The van der Waals surface area contributed by atoms with Crippen LogP contribution in [0.25, 0.3) is 0 Å². The molecule has 0 saturated carbocycles. The summed E-state index contributed by atoms with van der Waals surface area (Å²) in [6.45, 7) is 8.34. The Bertz CT molecular complexity index is 715. The number of rotatable bonds is 7. The molecule has 1 aromatic heterocycles. The molecular weight excluding hydrogens is 463 g/mol. The van der Waals surface area contributed by atoms with Crippen molar-refractivity contribution in [3.63, 3.8) is 0 Å². The Morgan fingerprint density at radius 2 is 2.04 bits per heavy atom. The molecule has 1 aromatic carbocycles. The van der Waals surface area contributed by atoms with Gasteiger partial charge in [0.2, 0.25) is 0 Å². The summed E-state index contributed by atoms with van der Waals surface area (Å²) in [6.07, 6.45) is 6.41. The van der Waals surface area contributed by atoms with Gasteiger partial charge in [0.05, 0.1) is 6.54 Å². The Morgan fingerprint density at radius 3 is 2.75 bits per heavy atom. The van der Waals surface area contributed by atoms with Crippen LogP contribution in [0, 0.1) is 5.92 Å². The minimum Gasteiger partial charge on any atom is -0.356 e. The van der Waals surface area contributed by atoms with Crippen LogP contribution in [0.1, 0.15) is 30.9 Å². The summed E-state index contributed by atoms with van der Waals surface area (Å²) in [5.41, 5.74) is 2.54. The van der Waals surface area contributed by atoms with Crippen molar-refractivity contribution in [2.24, 2.45) is 10.9 Å². The first kappa shape index (κ1) is 22.7. The number of hydrogen-bond acceptors (Lipinski definition) is 3. The number of piperidine rings is 1. The molecule has 6 nitrogen and oxygen atoms in total. The molecule has 1 aliphatic rings. The minimum atomic E-state index is 0. The number of aromatic nitrogens is 2. The van der Waals surface area contributed by atoms with Crippen LogP contribution in [0.2, 0.25) is 0 Å². The minimum absolute atomic E-state index is 0. The first-order valence-corrected chi connectivity index (χ1v) is 9.99. The Morgan fingerprint density at radius 1 is 1.21 bits per heavy atom. The maximum Gasteiger partial charge on any atom is 0.191 e. The summed E-state index contributed by atoms with van der Waals surface area (Å²) in [5.74, 6) is 1.57. The van der Waals surface area contributed by atoms with Crippen LogP contribution in [0.4, 0.5) is 0 Å². The van der Waals surface area contributed by atoms with Gasteiger partial charge in [0.1, 0.15) is 0 Å². The number of nitrogens with one attached hydrogen (secondary N) is 2. The fourth-order valence-electron chi connectivity index (χ4n) is 3.70. The number of benzene rings is 1. The fourth-order valence-corrected chi connectivity index (χ4v) is 3.70. The molecule has 0 radical (unpaired) electrons. The monoisotopic (exact) mass is 496 g/mol. The maximum atomic E-state index is 4.40. The van der Waals surface area contributed by atoms with E-state index in [0.29, 0.717) is 5.92 Å². The summed E-state index contributed by atoms with van der Waals surface area (Å²) in [6, 6.07) is 10.5. The highest BCUT2D eigenvalue weighted by Crippen LogP contribution is 2.15. The quantitative estimate of drug-likeness (QED) is 0.352. The Hall–Kier alpha value is -1.61. The SMILES string of the molecule is CCN1CCCC(CNC(=NC)NCc2ccccc2Cn2cccn2)C1.I. The molecule has 2 aromatic rings. The average Bonchev–Trinajstić information content (AvgIpc) is 3.22. The molecule has 0 amide bonds. The van der Waals surface area contributed by atoms with Gasteiger partial charge < -0.3 is 15.5 Å². The lowest BCUT2D eigenvalue weighted by Gasteiger charge is -2.32. The second-order valence-corrected chi connectivity index (χ2v) is 7.18. The summed E-state index contributed by atoms with van der Waals surface area (Å²) >= 11 is 0. The molecule has 0 bridgehead atoms. The molecule has 0 aliphatic carbocycles. The molecule has 1 atom stereocenters. The van der Waals surface area contributed by atoms with Crippen LogP contribution in [0.3, 0.4) is 0 Å². The van der Waals surface area contributed by atoms with E-state index in [2.05, 4.69) is 56.8 Å². The molecule has 3 rings (SSSR count).